The van der Waals surface area contributed by atoms with Crippen molar-refractivity contribution in [2.24, 2.45) is 4.99 Å². The van der Waals surface area contributed by atoms with Gasteiger partial charge in [-0.3, -0.25) is 4.99 Å². The number of benzene rings is 1. The summed E-state index contributed by atoms with van der Waals surface area (Å²) in [5, 5.41) is 0. The van der Waals surface area contributed by atoms with Crippen molar-refractivity contribution in [1.29, 1.82) is 0 Å². The zero-order valence-electron chi connectivity index (χ0n) is 9.60. The molecule has 0 fully saturated rings. The molecule has 2 nitrogen and oxygen atoms in total. The molecule has 16 heavy (non-hydrogen) atoms. The number of rotatable bonds is 3. The van der Waals surface area contributed by atoms with E-state index in [9.17, 15) is 0 Å². The van der Waals surface area contributed by atoms with Crippen LogP contribution in [0.25, 0.3) is 0 Å². The fourth-order valence-corrected chi connectivity index (χ4v) is 1.54. The molecule has 0 amide bonds. The minimum Gasteiger partial charge on any atom is -0.464 e. The van der Waals surface area contributed by atoms with Gasteiger partial charge in [-0.05, 0) is 31.5 Å². The van der Waals surface area contributed by atoms with Crippen LogP contribution in [0.15, 0.2) is 51.9 Å². The topological polar surface area (TPSA) is 25.5 Å². The lowest BCUT2D eigenvalue weighted by molar-refractivity contribution is 0.486. The normalized spacial score (nSPS) is 11.8. The third kappa shape index (κ3) is 2.60. The van der Waals surface area contributed by atoms with Crippen LogP contribution in [-0.4, -0.2) is 5.71 Å². The van der Waals surface area contributed by atoms with Gasteiger partial charge >= 0.3 is 0 Å². The zero-order chi connectivity index (χ0) is 11.4. The molecule has 1 aromatic heterocycles. The van der Waals surface area contributed by atoms with Gasteiger partial charge in [0.2, 0.25) is 0 Å². The third-order valence-corrected chi connectivity index (χ3v) is 2.46. The molecule has 2 heteroatoms. The van der Waals surface area contributed by atoms with Crippen molar-refractivity contribution < 1.29 is 4.42 Å². The predicted molar refractivity (Wildman–Crippen MR) is 65.8 cm³/mol. The highest BCUT2D eigenvalue weighted by Crippen LogP contribution is 2.09. The molecule has 1 aromatic carbocycles. The SMILES string of the molecule is C/C(=N\Cc1ccc(C)o1)c1ccccc1. The Kier molecular flexibility index (Phi) is 3.20. The van der Waals surface area contributed by atoms with Gasteiger partial charge in [0.1, 0.15) is 11.5 Å². The molecule has 2 aromatic rings. The van der Waals surface area contributed by atoms with Gasteiger partial charge in [0.15, 0.2) is 0 Å². The molecule has 82 valence electrons. The minimum absolute atomic E-state index is 0.606. The summed E-state index contributed by atoms with van der Waals surface area (Å²) in [4.78, 5) is 4.50. The molecule has 0 atom stereocenters. The molecule has 0 aliphatic carbocycles. The average Bonchev–Trinajstić information content (AvgIpc) is 2.73. The Balaban J connectivity index is 2.08. The van der Waals surface area contributed by atoms with E-state index in [0.717, 1.165) is 22.8 Å². The molecule has 2 rings (SSSR count). The maximum atomic E-state index is 5.46. The van der Waals surface area contributed by atoms with Gasteiger partial charge in [0.05, 0.1) is 6.54 Å². The van der Waals surface area contributed by atoms with E-state index < -0.39 is 0 Å². The van der Waals surface area contributed by atoms with Gasteiger partial charge < -0.3 is 4.42 Å². The van der Waals surface area contributed by atoms with E-state index in [2.05, 4.69) is 17.1 Å². The van der Waals surface area contributed by atoms with Gasteiger partial charge in [-0.1, -0.05) is 30.3 Å². The summed E-state index contributed by atoms with van der Waals surface area (Å²) in [6.07, 6.45) is 0. The van der Waals surface area contributed by atoms with Gasteiger partial charge in [-0.15, -0.1) is 0 Å². The molecule has 1 heterocycles. The zero-order valence-corrected chi connectivity index (χ0v) is 9.60. The first-order valence-corrected chi connectivity index (χ1v) is 5.37. The molecule has 0 radical (unpaired) electrons. The van der Waals surface area contributed by atoms with E-state index in [4.69, 9.17) is 4.42 Å². The molecule has 0 saturated carbocycles. The van der Waals surface area contributed by atoms with Gasteiger partial charge in [0, 0.05) is 5.71 Å². The molecule has 0 aliphatic rings. The van der Waals surface area contributed by atoms with Crippen molar-refractivity contribution >= 4 is 5.71 Å². The summed E-state index contributed by atoms with van der Waals surface area (Å²) < 4.78 is 5.46. The lowest BCUT2D eigenvalue weighted by Gasteiger charge is -1.99. The second-order valence-corrected chi connectivity index (χ2v) is 3.78. The number of furan rings is 1. The number of aryl methyl sites for hydroxylation is 1. The molecule has 0 bridgehead atoms. The van der Waals surface area contributed by atoms with Gasteiger partial charge in [0.25, 0.3) is 0 Å². The Hall–Kier alpha value is -1.83. The largest absolute Gasteiger partial charge is 0.464 e. The fraction of sp³-hybridized carbons (Fsp3) is 0.214. The van der Waals surface area contributed by atoms with E-state index in [1.165, 1.54) is 0 Å². The first kappa shape index (κ1) is 10.7. The summed E-state index contributed by atoms with van der Waals surface area (Å²) >= 11 is 0. The van der Waals surface area contributed by atoms with Crippen LogP contribution in [0.1, 0.15) is 24.0 Å². The van der Waals surface area contributed by atoms with Crippen LogP contribution in [0.2, 0.25) is 0 Å². The Morgan fingerprint density at radius 2 is 1.88 bits per heavy atom. The smallest absolute Gasteiger partial charge is 0.125 e. The number of hydrogen-bond acceptors (Lipinski definition) is 2. The van der Waals surface area contributed by atoms with Crippen molar-refractivity contribution in [2.75, 3.05) is 0 Å². The first-order chi connectivity index (χ1) is 7.75. The lowest BCUT2D eigenvalue weighted by atomic mass is 10.1. The summed E-state index contributed by atoms with van der Waals surface area (Å²) in [5.41, 5.74) is 2.19. The van der Waals surface area contributed by atoms with Crippen LogP contribution in [0.5, 0.6) is 0 Å². The Morgan fingerprint density at radius 1 is 1.12 bits per heavy atom. The molecule has 0 N–H and O–H groups in total. The Labute approximate surface area is 95.6 Å². The molecule has 0 unspecified atom stereocenters. The van der Waals surface area contributed by atoms with Crippen LogP contribution in [0.4, 0.5) is 0 Å². The van der Waals surface area contributed by atoms with Crippen LogP contribution in [-0.2, 0) is 6.54 Å². The molecular formula is C14H15NO. The summed E-state index contributed by atoms with van der Waals surface area (Å²) in [7, 11) is 0. The second kappa shape index (κ2) is 4.79. The maximum Gasteiger partial charge on any atom is 0.125 e. The lowest BCUT2D eigenvalue weighted by Crippen LogP contribution is -1.94. The van der Waals surface area contributed by atoms with Crippen LogP contribution < -0.4 is 0 Å². The van der Waals surface area contributed by atoms with Crippen molar-refractivity contribution in [3.05, 3.63) is 59.5 Å². The quantitative estimate of drug-likeness (QED) is 0.715. The number of nitrogens with zero attached hydrogens (tertiary/aromatic N) is 1. The van der Waals surface area contributed by atoms with Crippen molar-refractivity contribution in [1.82, 2.24) is 0 Å². The average molecular weight is 213 g/mol. The van der Waals surface area contributed by atoms with Crippen LogP contribution >= 0.6 is 0 Å². The van der Waals surface area contributed by atoms with E-state index in [1.54, 1.807) is 0 Å². The van der Waals surface area contributed by atoms with E-state index in [0.29, 0.717) is 6.54 Å². The van der Waals surface area contributed by atoms with Gasteiger partial charge in [-0.2, -0.15) is 0 Å². The summed E-state index contributed by atoms with van der Waals surface area (Å²) in [6.45, 7) is 4.57. The van der Waals surface area contributed by atoms with Crippen molar-refractivity contribution in [3.63, 3.8) is 0 Å². The number of aliphatic imine (C=N–C) groups is 1. The fourth-order valence-electron chi connectivity index (χ4n) is 1.54. The van der Waals surface area contributed by atoms with Crippen molar-refractivity contribution in [3.8, 4) is 0 Å². The molecule has 0 spiro atoms. The monoisotopic (exact) mass is 213 g/mol. The molecule has 0 saturated heterocycles. The first-order valence-electron chi connectivity index (χ1n) is 5.37. The predicted octanol–water partition coefficient (Wildman–Crippen LogP) is 3.60. The number of hydrogen-bond donors (Lipinski definition) is 0. The standard InChI is InChI=1S/C14H15NO/c1-11-8-9-14(16-11)10-15-12(2)13-6-4-3-5-7-13/h3-9H,10H2,1-2H3/b15-12+. The second-order valence-electron chi connectivity index (χ2n) is 3.78. The summed E-state index contributed by atoms with van der Waals surface area (Å²) in [5.74, 6) is 1.84. The van der Waals surface area contributed by atoms with Crippen LogP contribution in [0.3, 0.4) is 0 Å². The van der Waals surface area contributed by atoms with Gasteiger partial charge in [-0.25, -0.2) is 0 Å². The Morgan fingerprint density at radius 3 is 2.50 bits per heavy atom. The Bertz CT molecular complexity index is 482. The highest BCUT2D eigenvalue weighted by Gasteiger charge is 1.98. The highest BCUT2D eigenvalue weighted by atomic mass is 16.3. The third-order valence-electron chi connectivity index (χ3n) is 2.46. The van der Waals surface area contributed by atoms with Crippen LogP contribution in [0, 0.1) is 6.92 Å². The van der Waals surface area contributed by atoms with E-state index in [1.807, 2.05) is 44.2 Å². The minimum atomic E-state index is 0.606. The molecule has 0 aliphatic heterocycles. The van der Waals surface area contributed by atoms with E-state index >= 15 is 0 Å². The maximum absolute atomic E-state index is 5.46. The summed E-state index contributed by atoms with van der Waals surface area (Å²) in [6, 6.07) is 14.1. The van der Waals surface area contributed by atoms with E-state index in [-0.39, 0.29) is 0 Å². The molecular weight excluding hydrogens is 198 g/mol. The van der Waals surface area contributed by atoms with Crippen molar-refractivity contribution in [2.45, 2.75) is 20.4 Å². The highest BCUT2D eigenvalue weighted by molar-refractivity contribution is 5.98.